The highest BCUT2D eigenvalue weighted by Gasteiger charge is 2.33. The molecule has 2 amide bonds. The molecule has 7 N–H and O–H groups in total. The summed E-state index contributed by atoms with van der Waals surface area (Å²) < 4.78 is 0. The Labute approximate surface area is 225 Å². The predicted octanol–water partition coefficient (Wildman–Crippen LogP) is 1.63. The third kappa shape index (κ3) is 7.78. The first-order valence-corrected chi connectivity index (χ1v) is 12.6. The number of carboxylic acids is 1. The molecule has 0 radical (unpaired) electrons. The van der Waals surface area contributed by atoms with Crippen LogP contribution < -0.4 is 22.1 Å². The third-order valence-corrected chi connectivity index (χ3v) is 6.77. The lowest BCUT2D eigenvalue weighted by Gasteiger charge is -2.40. The van der Waals surface area contributed by atoms with Crippen molar-refractivity contribution in [3.8, 4) is 0 Å². The molecular weight excluding hydrogens is 512 g/mol. The molecule has 3 rings (SSSR count). The van der Waals surface area contributed by atoms with Crippen LogP contribution in [-0.2, 0) is 22.4 Å². The van der Waals surface area contributed by atoms with Crippen LogP contribution in [-0.4, -0.2) is 69.4 Å². The SMILES string of the molecule is CN=C(NC(=O)c1nc(Cl)c(N)nc1N)NC1(C)CCN(C(=O)CCc2ccc(CCC(=O)O)cc2)CC1. The fourth-order valence-corrected chi connectivity index (χ4v) is 4.24. The predicted molar refractivity (Wildman–Crippen MR) is 145 cm³/mol. The largest absolute Gasteiger partial charge is 0.481 e. The molecule has 12 nitrogen and oxygen atoms in total. The van der Waals surface area contributed by atoms with E-state index in [1.807, 2.05) is 36.1 Å². The van der Waals surface area contributed by atoms with Gasteiger partial charge in [0.25, 0.3) is 5.91 Å². The number of aromatic nitrogens is 2. The fraction of sp³-hybridized carbons (Fsp3) is 0.440. The minimum atomic E-state index is -0.820. The Morgan fingerprint density at radius 1 is 1.05 bits per heavy atom. The number of nitrogens with two attached hydrogens (primary N) is 2. The number of aliphatic imine (C=N–C) groups is 1. The Hall–Kier alpha value is -3.93. The van der Waals surface area contributed by atoms with Gasteiger partial charge in [0.2, 0.25) is 5.91 Å². The van der Waals surface area contributed by atoms with E-state index in [1.54, 1.807) is 0 Å². The van der Waals surface area contributed by atoms with Gasteiger partial charge in [0.05, 0.1) is 0 Å². The van der Waals surface area contributed by atoms with Crippen LogP contribution in [0.5, 0.6) is 0 Å². The topological polar surface area (TPSA) is 189 Å². The highest BCUT2D eigenvalue weighted by molar-refractivity contribution is 6.31. The number of carbonyl (C=O) groups is 3. The zero-order chi connectivity index (χ0) is 27.9. The highest BCUT2D eigenvalue weighted by Crippen LogP contribution is 2.23. The Bertz CT molecular complexity index is 1210. The molecular formula is C25H33ClN8O4. The third-order valence-electron chi connectivity index (χ3n) is 6.49. The van der Waals surface area contributed by atoms with Gasteiger partial charge >= 0.3 is 5.97 Å². The molecule has 0 atom stereocenters. The number of hydrogen-bond acceptors (Lipinski definition) is 8. The van der Waals surface area contributed by atoms with E-state index in [-0.39, 0.29) is 40.8 Å². The molecule has 1 aliphatic heterocycles. The molecule has 0 saturated carbocycles. The van der Waals surface area contributed by atoms with Crippen LogP contribution in [0.15, 0.2) is 29.3 Å². The van der Waals surface area contributed by atoms with Gasteiger partial charge in [-0.05, 0) is 43.7 Å². The first-order chi connectivity index (χ1) is 18.0. The number of guanidine groups is 1. The van der Waals surface area contributed by atoms with E-state index >= 15 is 0 Å². The average molecular weight is 545 g/mol. The lowest BCUT2D eigenvalue weighted by atomic mass is 9.89. The summed E-state index contributed by atoms with van der Waals surface area (Å²) >= 11 is 5.87. The summed E-state index contributed by atoms with van der Waals surface area (Å²) in [6.07, 6.45) is 2.90. The first-order valence-electron chi connectivity index (χ1n) is 12.2. The van der Waals surface area contributed by atoms with Crippen LogP contribution in [0.1, 0.15) is 54.2 Å². The van der Waals surface area contributed by atoms with Crippen molar-refractivity contribution in [3.63, 3.8) is 0 Å². The highest BCUT2D eigenvalue weighted by atomic mass is 35.5. The summed E-state index contributed by atoms with van der Waals surface area (Å²) in [4.78, 5) is 49.9. The van der Waals surface area contributed by atoms with Crippen LogP contribution in [0.4, 0.5) is 11.6 Å². The lowest BCUT2D eigenvalue weighted by molar-refractivity contribution is -0.137. The summed E-state index contributed by atoms with van der Waals surface area (Å²) in [7, 11) is 1.54. The minimum absolute atomic E-state index is 0.0667. The number of halogens is 1. The smallest absolute Gasteiger partial charge is 0.303 e. The zero-order valence-corrected chi connectivity index (χ0v) is 22.2. The van der Waals surface area contributed by atoms with E-state index in [4.69, 9.17) is 28.2 Å². The van der Waals surface area contributed by atoms with Crippen molar-refractivity contribution in [2.24, 2.45) is 4.99 Å². The Morgan fingerprint density at radius 3 is 2.18 bits per heavy atom. The molecule has 2 heterocycles. The number of carboxylic acid groups (broad SMARTS) is 1. The molecule has 1 saturated heterocycles. The van der Waals surface area contributed by atoms with Crippen molar-refractivity contribution >= 4 is 47.0 Å². The molecule has 13 heteroatoms. The van der Waals surface area contributed by atoms with Crippen molar-refractivity contribution in [3.05, 3.63) is 46.2 Å². The Morgan fingerprint density at radius 2 is 1.63 bits per heavy atom. The van der Waals surface area contributed by atoms with E-state index < -0.39 is 17.4 Å². The summed E-state index contributed by atoms with van der Waals surface area (Å²) in [6, 6.07) is 7.71. The van der Waals surface area contributed by atoms with Crippen LogP contribution in [0.3, 0.4) is 0 Å². The second kappa shape index (κ2) is 12.5. The zero-order valence-electron chi connectivity index (χ0n) is 21.5. The van der Waals surface area contributed by atoms with Gasteiger partial charge in [0.1, 0.15) is 0 Å². The van der Waals surface area contributed by atoms with E-state index in [0.29, 0.717) is 45.2 Å². The Balaban J connectivity index is 1.48. The molecule has 2 aromatic rings. The van der Waals surface area contributed by atoms with Gasteiger partial charge < -0.3 is 26.8 Å². The first kappa shape index (κ1) is 28.6. The molecule has 1 aliphatic rings. The number of carbonyl (C=O) groups excluding carboxylic acids is 2. The maximum absolute atomic E-state index is 12.8. The van der Waals surface area contributed by atoms with Crippen molar-refractivity contribution in [1.82, 2.24) is 25.5 Å². The van der Waals surface area contributed by atoms with E-state index in [9.17, 15) is 14.4 Å². The number of anilines is 2. The number of aryl methyl sites for hydroxylation is 2. The second-order valence-electron chi connectivity index (χ2n) is 9.44. The van der Waals surface area contributed by atoms with Gasteiger partial charge in [0, 0.05) is 38.5 Å². The maximum atomic E-state index is 12.8. The van der Waals surface area contributed by atoms with Gasteiger partial charge in [-0.1, -0.05) is 35.9 Å². The van der Waals surface area contributed by atoms with Gasteiger partial charge in [-0.3, -0.25) is 24.7 Å². The van der Waals surface area contributed by atoms with E-state index in [2.05, 4.69) is 25.6 Å². The Kier molecular flexibility index (Phi) is 9.45. The molecule has 1 aromatic heterocycles. The van der Waals surface area contributed by atoms with Crippen LogP contribution in [0.25, 0.3) is 0 Å². The summed E-state index contributed by atoms with van der Waals surface area (Å²) in [6.45, 7) is 3.13. The van der Waals surface area contributed by atoms with E-state index in [1.165, 1.54) is 7.05 Å². The monoisotopic (exact) mass is 544 g/mol. The van der Waals surface area contributed by atoms with Gasteiger partial charge in [-0.25, -0.2) is 9.97 Å². The molecule has 0 bridgehead atoms. The van der Waals surface area contributed by atoms with Gasteiger partial charge in [-0.2, -0.15) is 0 Å². The number of piperidine rings is 1. The van der Waals surface area contributed by atoms with E-state index in [0.717, 1.165) is 11.1 Å². The standard InChI is InChI=1S/C25H33ClN8O4/c1-25(33-24(29-2)32-23(38)19-21(27)31-22(28)20(26)30-19)11-13-34(14-12-25)17(35)9-7-15-3-5-16(6-4-15)8-10-18(36)37/h3-6H,7-14H2,1-2H3,(H,36,37)(H4,27,28,31)(H2,29,32,33,38). The normalized spacial score (nSPS) is 15.1. The molecule has 1 aromatic carbocycles. The van der Waals surface area contributed by atoms with Crippen LogP contribution >= 0.6 is 11.6 Å². The summed E-state index contributed by atoms with van der Waals surface area (Å²) in [5, 5.41) is 14.6. The number of nitrogen functional groups attached to an aromatic ring is 2. The second-order valence-corrected chi connectivity index (χ2v) is 9.79. The lowest BCUT2D eigenvalue weighted by Crippen LogP contribution is -2.57. The van der Waals surface area contributed by atoms with Crippen molar-refractivity contribution in [2.75, 3.05) is 31.6 Å². The molecule has 1 fully saturated rings. The van der Waals surface area contributed by atoms with Crippen molar-refractivity contribution < 1.29 is 19.5 Å². The fourth-order valence-electron chi connectivity index (χ4n) is 4.11. The number of aliphatic carboxylic acids is 1. The number of likely N-dealkylation sites (tertiary alicyclic amines) is 1. The number of amides is 2. The van der Waals surface area contributed by atoms with Crippen LogP contribution in [0.2, 0.25) is 5.15 Å². The number of nitrogens with zero attached hydrogens (tertiary/aromatic N) is 4. The average Bonchev–Trinajstić information content (AvgIpc) is 2.88. The molecule has 0 aliphatic carbocycles. The molecule has 0 unspecified atom stereocenters. The summed E-state index contributed by atoms with van der Waals surface area (Å²) in [5.74, 6) is -1.35. The molecule has 0 spiro atoms. The quantitative estimate of drug-likeness (QED) is 0.243. The number of hydrogen-bond donors (Lipinski definition) is 5. The number of nitrogens with one attached hydrogen (secondary N) is 2. The minimum Gasteiger partial charge on any atom is -0.481 e. The van der Waals surface area contributed by atoms with Crippen molar-refractivity contribution in [1.29, 1.82) is 0 Å². The molecule has 38 heavy (non-hydrogen) atoms. The maximum Gasteiger partial charge on any atom is 0.303 e. The number of benzene rings is 1. The van der Waals surface area contributed by atoms with Crippen molar-refractivity contribution in [2.45, 2.75) is 51.0 Å². The van der Waals surface area contributed by atoms with Gasteiger partial charge in [0.15, 0.2) is 28.4 Å². The number of rotatable bonds is 8. The van der Waals surface area contributed by atoms with Gasteiger partial charge in [-0.15, -0.1) is 0 Å². The van der Waals surface area contributed by atoms with Crippen LogP contribution in [0, 0.1) is 0 Å². The summed E-state index contributed by atoms with van der Waals surface area (Å²) in [5.41, 5.74) is 12.8. The molecule has 204 valence electrons.